The molecule has 4 aromatic rings. The number of ether oxygens (including phenoxy) is 2. The average molecular weight is 373 g/mol. The van der Waals surface area contributed by atoms with Crippen LogP contribution in [0.15, 0.2) is 83.3 Å². The molecule has 0 atom stereocenters. The quantitative estimate of drug-likeness (QED) is 0.459. The summed E-state index contributed by atoms with van der Waals surface area (Å²) in [6.07, 6.45) is 0. The van der Waals surface area contributed by atoms with Crippen molar-refractivity contribution in [2.45, 2.75) is 6.92 Å². The van der Waals surface area contributed by atoms with Crippen LogP contribution >= 0.6 is 0 Å². The maximum absolute atomic E-state index is 12.8. The van der Waals surface area contributed by atoms with Crippen molar-refractivity contribution in [1.29, 1.82) is 0 Å². The molecule has 5 heteroatoms. The SMILES string of the molecule is CCOc1cccc2cc(C(=O)Nc3ccccc3Oc3ccccc3)oc12. The van der Waals surface area contributed by atoms with Gasteiger partial charge in [0.2, 0.25) is 0 Å². The number of hydrogen-bond acceptors (Lipinski definition) is 4. The fourth-order valence-corrected chi connectivity index (χ4v) is 2.88. The van der Waals surface area contributed by atoms with Crippen molar-refractivity contribution in [1.82, 2.24) is 0 Å². The number of benzene rings is 3. The Morgan fingerprint density at radius 3 is 2.50 bits per heavy atom. The molecule has 1 N–H and O–H groups in total. The van der Waals surface area contributed by atoms with Crippen molar-refractivity contribution in [2.75, 3.05) is 11.9 Å². The number of furan rings is 1. The van der Waals surface area contributed by atoms with E-state index in [4.69, 9.17) is 13.9 Å². The normalized spacial score (nSPS) is 10.6. The van der Waals surface area contributed by atoms with Crippen molar-refractivity contribution in [3.05, 3.63) is 84.6 Å². The van der Waals surface area contributed by atoms with Gasteiger partial charge in [-0.15, -0.1) is 0 Å². The van der Waals surface area contributed by atoms with E-state index >= 15 is 0 Å². The molecule has 0 radical (unpaired) electrons. The van der Waals surface area contributed by atoms with E-state index in [2.05, 4.69) is 5.32 Å². The molecule has 0 aliphatic carbocycles. The maximum Gasteiger partial charge on any atom is 0.291 e. The van der Waals surface area contributed by atoms with E-state index in [9.17, 15) is 4.79 Å². The summed E-state index contributed by atoms with van der Waals surface area (Å²) in [5.41, 5.74) is 1.12. The van der Waals surface area contributed by atoms with Gasteiger partial charge in [0.25, 0.3) is 5.91 Å². The summed E-state index contributed by atoms with van der Waals surface area (Å²) in [6, 6.07) is 23.9. The van der Waals surface area contributed by atoms with E-state index in [-0.39, 0.29) is 11.7 Å². The molecule has 1 aromatic heterocycles. The molecule has 140 valence electrons. The number of para-hydroxylation sites is 4. The Balaban J connectivity index is 1.59. The first-order chi connectivity index (χ1) is 13.7. The number of fused-ring (bicyclic) bond motifs is 1. The minimum atomic E-state index is -0.359. The van der Waals surface area contributed by atoms with Crippen LogP contribution in [0.2, 0.25) is 0 Å². The monoisotopic (exact) mass is 373 g/mol. The molecular weight excluding hydrogens is 354 g/mol. The zero-order valence-corrected chi connectivity index (χ0v) is 15.3. The molecule has 5 nitrogen and oxygen atoms in total. The van der Waals surface area contributed by atoms with E-state index in [0.29, 0.717) is 35.1 Å². The highest BCUT2D eigenvalue weighted by atomic mass is 16.5. The van der Waals surface area contributed by atoms with Crippen molar-refractivity contribution in [3.8, 4) is 17.2 Å². The molecule has 4 rings (SSSR count). The lowest BCUT2D eigenvalue weighted by Gasteiger charge is -2.11. The molecule has 1 amide bonds. The predicted octanol–water partition coefficient (Wildman–Crippen LogP) is 5.88. The lowest BCUT2D eigenvalue weighted by molar-refractivity contribution is 0.0998. The van der Waals surface area contributed by atoms with Crippen LogP contribution in [0.4, 0.5) is 5.69 Å². The Labute approximate surface area is 162 Å². The van der Waals surface area contributed by atoms with Crippen molar-refractivity contribution >= 4 is 22.6 Å². The van der Waals surface area contributed by atoms with Crippen molar-refractivity contribution < 1.29 is 18.7 Å². The fourth-order valence-electron chi connectivity index (χ4n) is 2.88. The van der Waals surface area contributed by atoms with Crippen LogP contribution in [0.3, 0.4) is 0 Å². The predicted molar refractivity (Wildman–Crippen MR) is 108 cm³/mol. The zero-order chi connectivity index (χ0) is 19.3. The Kier molecular flexibility index (Phi) is 4.97. The van der Waals surface area contributed by atoms with Crippen LogP contribution in [-0.2, 0) is 0 Å². The van der Waals surface area contributed by atoms with Crippen LogP contribution in [0.1, 0.15) is 17.5 Å². The Bertz CT molecular complexity index is 1100. The van der Waals surface area contributed by atoms with Crippen molar-refractivity contribution in [3.63, 3.8) is 0 Å². The Morgan fingerprint density at radius 1 is 0.929 bits per heavy atom. The second kappa shape index (κ2) is 7.88. The van der Waals surface area contributed by atoms with Crippen LogP contribution in [0.25, 0.3) is 11.0 Å². The van der Waals surface area contributed by atoms with Crippen molar-refractivity contribution in [2.24, 2.45) is 0 Å². The number of amides is 1. The van der Waals surface area contributed by atoms with Gasteiger partial charge in [0.1, 0.15) is 5.75 Å². The molecule has 0 aliphatic heterocycles. The maximum atomic E-state index is 12.8. The van der Waals surface area contributed by atoms with Gasteiger partial charge in [-0.05, 0) is 43.3 Å². The van der Waals surface area contributed by atoms with Gasteiger partial charge in [-0.2, -0.15) is 0 Å². The molecule has 3 aromatic carbocycles. The topological polar surface area (TPSA) is 60.7 Å². The number of rotatable bonds is 6. The minimum Gasteiger partial charge on any atom is -0.490 e. The summed E-state index contributed by atoms with van der Waals surface area (Å²) >= 11 is 0. The number of nitrogens with one attached hydrogen (secondary N) is 1. The van der Waals surface area contributed by atoms with Gasteiger partial charge in [0, 0.05) is 5.39 Å². The van der Waals surface area contributed by atoms with E-state index in [1.165, 1.54) is 0 Å². The van der Waals surface area contributed by atoms with E-state index in [1.807, 2.05) is 67.6 Å². The molecule has 0 spiro atoms. The Hall–Kier alpha value is -3.73. The van der Waals surface area contributed by atoms with Gasteiger partial charge in [0.05, 0.1) is 12.3 Å². The Morgan fingerprint density at radius 2 is 1.68 bits per heavy atom. The summed E-state index contributed by atoms with van der Waals surface area (Å²) in [6.45, 7) is 2.42. The summed E-state index contributed by atoms with van der Waals surface area (Å²) in [7, 11) is 0. The zero-order valence-electron chi connectivity index (χ0n) is 15.3. The third-order valence-corrected chi connectivity index (χ3v) is 4.14. The highest BCUT2D eigenvalue weighted by Gasteiger charge is 2.17. The van der Waals surface area contributed by atoms with Gasteiger partial charge >= 0.3 is 0 Å². The smallest absolute Gasteiger partial charge is 0.291 e. The van der Waals surface area contributed by atoms with Crippen LogP contribution < -0.4 is 14.8 Å². The first-order valence-corrected chi connectivity index (χ1v) is 9.03. The number of carbonyl (C=O) groups is 1. The summed E-state index contributed by atoms with van der Waals surface area (Å²) < 4.78 is 17.2. The molecule has 0 aliphatic rings. The second-order valence-electron chi connectivity index (χ2n) is 6.08. The summed E-state index contributed by atoms with van der Waals surface area (Å²) in [4.78, 5) is 12.8. The third kappa shape index (κ3) is 3.69. The largest absolute Gasteiger partial charge is 0.490 e. The first-order valence-electron chi connectivity index (χ1n) is 9.03. The number of anilines is 1. The molecule has 0 saturated carbocycles. The lowest BCUT2D eigenvalue weighted by Crippen LogP contribution is -2.11. The van der Waals surface area contributed by atoms with Crippen LogP contribution in [-0.4, -0.2) is 12.5 Å². The molecule has 1 heterocycles. The number of hydrogen-bond donors (Lipinski definition) is 1. The number of carbonyl (C=O) groups excluding carboxylic acids is 1. The molecule has 0 unspecified atom stereocenters. The van der Waals surface area contributed by atoms with E-state index < -0.39 is 0 Å². The van der Waals surface area contributed by atoms with Gasteiger partial charge in [-0.3, -0.25) is 4.79 Å². The average Bonchev–Trinajstić information content (AvgIpc) is 3.16. The summed E-state index contributed by atoms with van der Waals surface area (Å²) in [5.74, 6) is 1.70. The third-order valence-electron chi connectivity index (χ3n) is 4.14. The second-order valence-corrected chi connectivity index (χ2v) is 6.08. The molecule has 0 saturated heterocycles. The molecular formula is C23H19NO4. The highest BCUT2D eigenvalue weighted by molar-refractivity contribution is 6.05. The molecule has 0 fully saturated rings. The van der Waals surface area contributed by atoms with E-state index in [0.717, 1.165) is 5.39 Å². The summed E-state index contributed by atoms with van der Waals surface area (Å²) in [5, 5.41) is 3.67. The van der Waals surface area contributed by atoms with Gasteiger partial charge in [-0.25, -0.2) is 0 Å². The van der Waals surface area contributed by atoms with Crippen LogP contribution in [0.5, 0.6) is 17.2 Å². The molecule has 0 bridgehead atoms. The van der Waals surface area contributed by atoms with E-state index in [1.54, 1.807) is 18.2 Å². The standard InChI is InChI=1S/C23H19NO4/c1-2-26-20-14-8-9-16-15-21(28-22(16)20)23(25)24-18-12-6-7-13-19(18)27-17-10-4-3-5-11-17/h3-15H,2H2,1H3,(H,24,25). The highest BCUT2D eigenvalue weighted by Crippen LogP contribution is 2.31. The fraction of sp³-hybridized carbons (Fsp3) is 0.0870. The van der Waals surface area contributed by atoms with Gasteiger partial charge in [-0.1, -0.05) is 42.5 Å². The van der Waals surface area contributed by atoms with Crippen LogP contribution in [0, 0.1) is 0 Å². The first kappa shape index (κ1) is 17.7. The lowest BCUT2D eigenvalue weighted by atomic mass is 10.2. The molecule has 28 heavy (non-hydrogen) atoms. The van der Waals surface area contributed by atoms with Gasteiger partial charge < -0.3 is 19.2 Å². The minimum absolute atomic E-state index is 0.205. The van der Waals surface area contributed by atoms with Gasteiger partial charge in [0.15, 0.2) is 22.8 Å².